The van der Waals surface area contributed by atoms with Crippen molar-refractivity contribution >= 4 is 40.8 Å². The Bertz CT molecular complexity index is 733. The highest BCUT2D eigenvalue weighted by molar-refractivity contribution is 6.44. The molecule has 6 heteroatoms. The largest absolute Gasteiger partial charge is 0.481 e. The Morgan fingerprint density at radius 3 is 2.39 bits per heavy atom. The van der Waals surface area contributed by atoms with Gasteiger partial charge in [0.15, 0.2) is 0 Å². The molecule has 0 aliphatic heterocycles. The minimum Gasteiger partial charge on any atom is -0.481 e. The highest BCUT2D eigenvalue weighted by atomic mass is 35.5. The predicted octanol–water partition coefficient (Wildman–Crippen LogP) is 3.70. The fourth-order valence-corrected chi connectivity index (χ4v) is 4.73. The molecule has 23 heavy (non-hydrogen) atoms. The van der Waals surface area contributed by atoms with Crippen molar-refractivity contribution in [2.24, 2.45) is 35.5 Å². The van der Waals surface area contributed by atoms with Gasteiger partial charge in [-0.1, -0.05) is 41.4 Å². The van der Waals surface area contributed by atoms with Crippen LogP contribution in [0.5, 0.6) is 0 Å². The highest BCUT2D eigenvalue weighted by Gasteiger charge is 2.62. The van der Waals surface area contributed by atoms with E-state index in [9.17, 15) is 14.7 Å². The average molecular weight is 352 g/mol. The van der Waals surface area contributed by atoms with Crippen LogP contribution >= 0.6 is 23.2 Å². The summed E-state index contributed by atoms with van der Waals surface area (Å²) >= 11 is 12.1. The molecule has 0 radical (unpaired) electrons. The Kier molecular flexibility index (Phi) is 3.43. The average Bonchev–Trinajstić information content (AvgIpc) is 3.33. The summed E-state index contributed by atoms with van der Waals surface area (Å²) in [6.07, 6.45) is 5.05. The molecule has 0 heterocycles. The SMILES string of the molecule is O=C(O)[C@@H]1[C@H]2C=C[C@@H]([C@@H]3C[C@H]23)[C@@H]1C(=O)Nc1cccc(Cl)c1Cl. The second-order valence-corrected chi connectivity index (χ2v) is 7.37. The molecule has 0 unspecified atom stereocenters. The number of rotatable bonds is 3. The van der Waals surface area contributed by atoms with Crippen LogP contribution in [0, 0.1) is 35.5 Å². The first-order chi connectivity index (χ1) is 11.0. The van der Waals surface area contributed by atoms with Crippen molar-refractivity contribution in [1.29, 1.82) is 0 Å². The molecule has 0 saturated heterocycles. The fraction of sp³-hybridized carbons (Fsp3) is 0.412. The van der Waals surface area contributed by atoms with Crippen LogP contribution in [0.4, 0.5) is 5.69 Å². The third-order valence-corrected chi connectivity index (χ3v) is 6.27. The Morgan fingerprint density at radius 2 is 1.74 bits per heavy atom. The molecule has 1 aromatic carbocycles. The Balaban J connectivity index is 1.63. The zero-order valence-corrected chi connectivity index (χ0v) is 13.6. The van der Waals surface area contributed by atoms with E-state index in [1.807, 2.05) is 12.2 Å². The molecule has 1 amide bonds. The molecule has 4 nitrogen and oxygen atoms in total. The van der Waals surface area contributed by atoms with Crippen molar-refractivity contribution in [3.05, 3.63) is 40.4 Å². The maximum Gasteiger partial charge on any atom is 0.307 e. The number of carboxylic acids is 1. The first kappa shape index (κ1) is 15.0. The van der Waals surface area contributed by atoms with Gasteiger partial charge in [-0.25, -0.2) is 0 Å². The van der Waals surface area contributed by atoms with Crippen LogP contribution in [0.2, 0.25) is 10.0 Å². The smallest absolute Gasteiger partial charge is 0.307 e. The zero-order chi connectivity index (χ0) is 16.3. The van der Waals surface area contributed by atoms with Gasteiger partial charge in [0.05, 0.1) is 27.6 Å². The van der Waals surface area contributed by atoms with E-state index < -0.39 is 17.8 Å². The number of hydrogen-bond donors (Lipinski definition) is 2. The van der Waals surface area contributed by atoms with Gasteiger partial charge in [0.25, 0.3) is 0 Å². The number of halogens is 2. The summed E-state index contributed by atoms with van der Waals surface area (Å²) in [5.74, 6) is -1.54. The molecule has 1 aromatic rings. The third kappa shape index (κ3) is 2.27. The molecule has 6 atom stereocenters. The molecule has 2 saturated carbocycles. The van der Waals surface area contributed by atoms with Crippen LogP contribution in [0.25, 0.3) is 0 Å². The fourth-order valence-electron chi connectivity index (χ4n) is 4.39. The van der Waals surface area contributed by atoms with E-state index in [-0.39, 0.29) is 22.8 Å². The van der Waals surface area contributed by atoms with Crippen LogP contribution in [0.1, 0.15) is 6.42 Å². The number of benzene rings is 1. The summed E-state index contributed by atoms with van der Waals surface area (Å²) in [5, 5.41) is 13.0. The normalized spacial score (nSPS) is 36.4. The number of carbonyl (C=O) groups is 2. The summed E-state index contributed by atoms with van der Waals surface area (Å²) < 4.78 is 0. The predicted molar refractivity (Wildman–Crippen MR) is 87.4 cm³/mol. The number of carbonyl (C=O) groups excluding carboxylic acids is 1. The molecular weight excluding hydrogens is 337 g/mol. The molecule has 0 spiro atoms. The Hall–Kier alpha value is -1.52. The number of fused-ring (bicyclic) bond motifs is 1. The van der Waals surface area contributed by atoms with E-state index in [1.165, 1.54) is 0 Å². The first-order valence-electron chi connectivity index (χ1n) is 7.65. The molecule has 120 valence electrons. The molecule has 4 aliphatic carbocycles. The first-order valence-corrected chi connectivity index (χ1v) is 8.40. The second kappa shape index (κ2) is 5.25. The van der Waals surface area contributed by atoms with E-state index in [1.54, 1.807) is 18.2 Å². The van der Waals surface area contributed by atoms with E-state index in [2.05, 4.69) is 5.32 Å². The van der Waals surface area contributed by atoms with Gasteiger partial charge in [0.1, 0.15) is 0 Å². The monoisotopic (exact) mass is 351 g/mol. The second-order valence-electron chi connectivity index (χ2n) is 6.58. The lowest BCUT2D eigenvalue weighted by Crippen LogP contribution is -2.48. The van der Waals surface area contributed by atoms with Crippen LogP contribution in [0.3, 0.4) is 0 Å². The Labute approximate surface area is 143 Å². The third-order valence-electron chi connectivity index (χ3n) is 5.45. The van der Waals surface area contributed by atoms with E-state index in [0.29, 0.717) is 22.5 Å². The van der Waals surface area contributed by atoms with E-state index >= 15 is 0 Å². The lowest BCUT2D eigenvalue weighted by molar-refractivity contribution is -0.152. The molecule has 2 N–H and O–H groups in total. The molecule has 5 rings (SSSR count). The number of allylic oxidation sites excluding steroid dienone is 2. The summed E-state index contributed by atoms with van der Waals surface area (Å²) in [5.41, 5.74) is 0.422. The maximum absolute atomic E-state index is 12.8. The van der Waals surface area contributed by atoms with Crippen LogP contribution in [-0.4, -0.2) is 17.0 Å². The summed E-state index contributed by atoms with van der Waals surface area (Å²) in [6, 6.07) is 5.00. The molecule has 2 fully saturated rings. The number of amides is 1. The molecular formula is C17H15Cl2NO3. The lowest BCUT2D eigenvalue weighted by Gasteiger charge is -2.41. The number of carboxylic acid groups (broad SMARTS) is 1. The number of hydrogen-bond acceptors (Lipinski definition) is 2. The van der Waals surface area contributed by atoms with Crippen molar-refractivity contribution in [2.45, 2.75) is 6.42 Å². The van der Waals surface area contributed by atoms with Crippen LogP contribution < -0.4 is 5.32 Å². The number of nitrogens with one attached hydrogen (secondary N) is 1. The lowest BCUT2D eigenvalue weighted by atomic mass is 9.62. The molecule has 0 aromatic heterocycles. The quantitative estimate of drug-likeness (QED) is 0.816. The maximum atomic E-state index is 12.8. The van der Waals surface area contributed by atoms with Crippen molar-refractivity contribution in [2.75, 3.05) is 5.32 Å². The Morgan fingerprint density at radius 1 is 1.09 bits per heavy atom. The standard InChI is InChI=1S/C17H15Cl2NO3/c18-11-2-1-3-12(15(11)19)20-16(21)13-7-4-5-8(10-6-9(7)10)14(13)17(22)23/h1-5,7-10,13-14H,6H2,(H,20,21)(H,22,23)/t7-,8-,9-,10+,13-,14+/m0/s1. The minimum atomic E-state index is -0.896. The van der Waals surface area contributed by atoms with Gasteiger partial charge in [0, 0.05) is 0 Å². The van der Waals surface area contributed by atoms with E-state index in [4.69, 9.17) is 23.2 Å². The summed E-state index contributed by atoms with van der Waals surface area (Å²) in [7, 11) is 0. The van der Waals surface area contributed by atoms with E-state index in [0.717, 1.165) is 6.42 Å². The molecule has 4 aliphatic rings. The minimum absolute atomic E-state index is 0.00376. The van der Waals surface area contributed by atoms with Crippen molar-refractivity contribution in [3.63, 3.8) is 0 Å². The van der Waals surface area contributed by atoms with Gasteiger partial charge in [-0.2, -0.15) is 0 Å². The van der Waals surface area contributed by atoms with Gasteiger partial charge >= 0.3 is 5.97 Å². The van der Waals surface area contributed by atoms with Gasteiger partial charge < -0.3 is 10.4 Å². The number of anilines is 1. The summed E-state index contributed by atoms with van der Waals surface area (Å²) in [6.45, 7) is 0. The van der Waals surface area contributed by atoms with Crippen LogP contribution in [0.15, 0.2) is 30.4 Å². The summed E-state index contributed by atoms with van der Waals surface area (Å²) in [4.78, 5) is 24.5. The topological polar surface area (TPSA) is 66.4 Å². The van der Waals surface area contributed by atoms with Gasteiger partial charge in [-0.3, -0.25) is 9.59 Å². The van der Waals surface area contributed by atoms with Crippen LogP contribution in [-0.2, 0) is 9.59 Å². The highest BCUT2D eigenvalue weighted by Crippen LogP contribution is 2.63. The zero-order valence-electron chi connectivity index (χ0n) is 12.1. The van der Waals surface area contributed by atoms with Crippen molar-refractivity contribution in [3.8, 4) is 0 Å². The number of aliphatic carboxylic acids is 1. The van der Waals surface area contributed by atoms with Gasteiger partial charge in [-0.15, -0.1) is 0 Å². The van der Waals surface area contributed by atoms with Gasteiger partial charge in [-0.05, 0) is 42.2 Å². The van der Waals surface area contributed by atoms with Crippen molar-refractivity contribution in [1.82, 2.24) is 0 Å². The van der Waals surface area contributed by atoms with Crippen molar-refractivity contribution < 1.29 is 14.7 Å². The molecule has 2 bridgehead atoms. The van der Waals surface area contributed by atoms with Gasteiger partial charge in [0.2, 0.25) is 5.91 Å².